The first-order valence-electron chi connectivity index (χ1n) is 8.34. The van der Waals surface area contributed by atoms with Crippen molar-refractivity contribution in [1.29, 1.82) is 0 Å². The maximum absolute atomic E-state index is 9.72. The molecule has 1 aromatic rings. The molecule has 2 saturated carbocycles. The Bertz CT molecular complexity index is 712. The molecule has 0 bridgehead atoms. The van der Waals surface area contributed by atoms with Gasteiger partial charge >= 0.3 is 0 Å². The van der Waals surface area contributed by atoms with Crippen LogP contribution in [0.25, 0.3) is 0 Å². The van der Waals surface area contributed by atoms with Gasteiger partial charge in [-0.3, -0.25) is 0 Å². The van der Waals surface area contributed by atoms with Gasteiger partial charge in [0, 0.05) is 5.41 Å². The van der Waals surface area contributed by atoms with E-state index in [1.807, 2.05) is 6.07 Å². The number of oxime groups is 2. The quantitative estimate of drug-likeness (QED) is 0.506. The van der Waals surface area contributed by atoms with Crippen LogP contribution in [-0.4, -0.2) is 26.9 Å². The average molecular weight is 314 g/mol. The largest absolute Gasteiger partial charge is 0.508 e. The summed E-state index contributed by atoms with van der Waals surface area (Å²) in [5.41, 5.74) is 3.53. The molecule has 0 aromatic heterocycles. The third-order valence-corrected chi connectivity index (χ3v) is 6.55. The summed E-state index contributed by atoms with van der Waals surface area (Å²) >= 11 is 0. The van der Waals surface area contributed by atoms with E-state index in [1.54, 1.807) is 6.07 Å². The summed E-state index contributed by atoms with van der Waals surface area (Å²) in [4.78, 5) is 0. The molecule has 0 aliphatic heterocycles. The lowest BCUT2D eigenvalue weighted by Crippen LogP contribution is -2.42. The number of aryl methyl sites for hydroxylation is 1. The molecular weight excluding hydrogens is 292 g/mol. The van der Waals surface area contributed by atoms with Crippen molar-refractivity contribution in [3.8, 4) is 5.75 Å². The number of hydrogen-bond donors (Lipinski definition) is 3. The maximum atomic E-state index is 9.72. The zero-order valence-corrected chi connectivity index (χ0v) is 13.2. The minimum Gasteiger partial charge on any atom is -0.508 e. The lowest BCUT2D eigenvalue weighted by atomic mass is 9.55. The number of benzene rings is 1. The van der Waals surface area contributed by atoms with Crippen molar-refractivity contribution < 1.29 is 15.5 Å². The van der Waals surface area contributed by atoms with Crippen LogP contribution in [0.1, 0.15) is 49.7 Å². The number of phenolic OH excluding ortho intramolecular Hbond substituents is 1. The molecule has 4 unspecified atom stereocenters. The second-order valence-corrected chi connectivity index (χ2v) is 7.45. The molecular formula is C18H22N2O3. The molecule has 3 aliphatic carbocycles. The Morgan fingerprint density at radius 3 is 2.74 bits per heavy atom. The molecule has 3 N–H and O–H groups in total. The second kappa shape index (κ2) is 4.98. The number of rotatable bonds is 0. The summed E-state index contributed by atoms with van der Waals surface area (Å²) in [5, 5.41) is 35.3. The SMILES string of the molecule is CC12CCC3c4ccc(O)cc4CCC3C1CC(=N/O)/C2=N\O. The fourth-order valence-electron chi connectivity index (χ4n) is 5.45. The number of aromatic hydroxyl groups is 1. The van der Waals surface area contributed by atoms with Crippen LogP contribution in [0.2, 0.25) is 0 Å². The smallest absolute Gasteiger partial charge is 0.115 e. The molecule has 0 heterocycles. The van der Waals surface area contributed by atoms with Crippen LogP contribution in [0.4, 0.5) is 0 Å². The number of hydrogen-bond acceptors (Lipinski definition) is 5. The molecule has 2 fully saturated rings. The summed E-state index contributed by atoms with van der Waals surface area (Å²) in [6.45, 7) is 2.15. The predicted octanol–water partition coefficient (Wildman–Crippen LogP) is 3.52. The highest BCUT2D eigenvalue weighted by molar-refractivity contribution is 6.46. The van der Waals surface area contributed by atoms with E-state index in [-0.39, 0.29) is 5.41 Å². The van der Waals surface area contributed by atoms with Crippen LogP contribution < -0.4 is 0 Å². The van der Waals surface area contributed by atoms with Crippen LogP contribution >= 0.6 is 0 Å². The van der Waals surface area contributed by atoms with Crippen LogP contribution in [0, 0.1) is 17.3 Å². The van der Waals surface area contributed by atoms with Crippen molar-refractivity contribution in [1.82, 2.24) is 0 Å². The van der Waals surface area contributed by atoms with Crippen molar-refractivity contribution in [3.05, 3.63) is 29.3 Å². The molecule has 4 rings (SSSR count). The molecule has 3 aliphatic rings. The molecule has 5 heteroatoms. The summed E-state index contributed by atoms with van der Waals surface area (Å²) in [5.74, 6) is 1.67. The monoisotopic (exact) mass is 314 g/mol. The van der Waals surface area contributed by atoms with Gasteiger partial charge in [-0.05, 0) is 73.1 Å². The Morgan fingerprint density at radius 2 is 2.00 bits per heavy atom. The van der Waals surface area contributed by atoms with E-state index in [9.17, 15) is 15.5 Å². The zero-order chi connectivity index (χ0) is 16.2. The normalized spacial score (nSPS) is 39.1. The fraction of sp³-hybridized carbons (Fsp3) is 0.556. The van der Waals surface area contributed by atoms with Gasteiger partial charge in [-0.15, -0.1) is 0 Å². The van der Waals surface area contributed by atoms with Crippen molar-refractivity contribution >= 4 is 11.4 Å². The van der Waals surface area contributed by atoms with Crippen LogP contribution in [0.5, 0.6) is 5.75 Å². The molecule has 4 atom stereocenters. The van der Waals surface area contributed by atoms with Crippen molar-refractivity contribution in [2.24, 2.45) is 27.6 Å². The highest BCUT2D eigenvalue weighted by Gasteiger charge is 2.56. The predicted molar refractivity (Wildman–Crippen MR) is 86.5 cm³/mol. The van der Waals surface area contributed by atoms with Gasteiger partial charge in [-0.25, -0.2) is 0 Å². The topological polar surface area (TPSA) is 85.4 Å². The third kappa shape index (κ3) is 1.92. The Balaban J connectivity index is 1.74. The molecule has 0 spiro atoms. The Labute approximate surface area is 135 Å². The first-order valence-corrected chi connectivity index (χ1v) is 8.34. The Morgan fingerprint density at radius 1 is 1.17 bits per heavy atom. The van der Waals surface area contributed by atoms with Crippen LogP contribution in [-0.2, 0) is 6.42 Å². The summed E-state index contributed by atoms with van der Waals surface area (Å²) in [6.07, 6.45) is 4.68. The van der Waals surface area contributed by atoms with Gasteiger partial charge in [-0.1, -0.05) is 23.3 Å². The van der Waals surface area contributed by atoms with Crippen molar-refractivity contribution in [2.45, 2.75) is 44.9 Å². The fourth-order valence-corrected chi connectivity index (χ4v) is 5.45. The standard InChI is InChI=1S/C18H22N2O3/c1-18-7-6-13-12-5-3-11(21)8-10(12)2-4-14(13)15(18)9-16(19-22)17(18)20-23/h3,5,8,13-15,21-23H,2,4,6-7,9H2,1H3/b19-16-,20-17+. The van der Waals surface area contributed by atoms with Gasteiger partial charge < -0.3 is 15.5 Å². The Hall–Kier alpha value is -2.04. The summed E-state index contributed by atoms with van der Waals surface area (Å²) in [6, 6.07) is 5.75. The first kappa shape index (κ1) is 14.5. The van der Waals surface area contributed by atoms with E-state index in [0.717, 1.165) is 25.7 Å². The summed E-state index contributed by atoms with van der Waals surface area (Å²) in [7, 11) is 0. The van der Waals surface area contributed by atoms with E-state index in [1.165, 1.54) is 11.1 Å². The van der Waals surface area contributed by atoms with E-state index in [2.05, 4.69) is 23.3 Å². The molecule has 1 aromatic carbocycles. The van der Waals surface area contributed by atoms with Crippen LogP contribution in [0.15, 0.2) is 28.5 Å². The lowest BCUT2D eigenvalue weighted by Gasteiger charge is -2.48. The maximum Gasteiger partial charge on any atom is 0.115 e. The van der Waals surface area contributed by atoms with Crippen LogP contribution in [0.3, 0.4) is 0 Å². The molecule has 0 amide bonds. The first-order chi connectivity index (χ1) is 11.1. The van der Waals surface area contributed by atoms with Crippen molar-refractivity contribution in [3.63, 3.8) is 0 Å². The Kier molecular flexibility index (Phi) is 3.15. The van der Waals surface area contributed by atoms with Gasteiger partial charge in [0.05, 0.1) is 0 Å². The van der Waals surface area contributed by atoms with Gasteiger partial charge in [0.15, 0.2) is 0 Å². The van der Waals surface area contributed by atoms with Gasteiger partial charge in [0.2, 0.25) is 0 Å². The minimum absolute atomic E-state index is 0.202. The highest BCUT2D eigenvalue weighted by atomic mass is 16.4. The lowest BCUT2D eigenvalue weighted by molar-refractivity contribution is 0.0963. The minimum atomic E-state index is -0.202. The molecule has 23 heavy (non-hydrogen) atoms. The second-order valence-electron chi connectivity index (χ2n) is 7.45. The van der Waals surface area contributed by atoms with E-state index in [4.69, 9.17) is 0 Å². The van der Waals surface area contributed by atoms with E-state index >= 15 is 0 Å². The average Bonchev–Trinajstić information content (AvgIpc) is 2.85. The van der Waals surface area contributed by atoms with Crippen molar-refractivity contribution in [2.75, 3.05) is 0 Å². The van der Waals surface area contributed by atoms with E-state index < -0.39 is 0 Å². The van der Waals surface area contributed by atoms with E-state index in [0.29, 0.717) is 41.3 Å². The number of nitrogens with zero attached hydrogens (tertiary/aromatic N) is 2. The summed E-state index contributed by atoms with van der Waals surface area (Å²) < 4.78 is 0. The number of fused-ring (bicyclic) bond motifs is 5. The third-order valence-electron chi connectivity index (χ3n) is 6.55. The molecule has 5 nitrogen and oxygen atoms in total. The molecule has 0 radical (unpaired) electrons. The van der Waals surface area contributed by atoms with Gasteiger partial charge in [0.1, 0.15) is 17.2 Å². The molecule has 0 saturated heterocycles. The number of phenols is 1. The zero-order valence-electron chi connectivity index (χ0n) is 13.2. The van der Waals surface area contributed by atoms with Gasteiger partial charge in [0.25, 0.3) is 0 Å². The van der Waals surface area contributed by atoms with Gasteiger partial charge in [-0.2, -0.15) is 0 Å². The highest BCUT2D eigenvalue weighted by Crippen LogP contribution is 2.59. The molecule has 122 valence electrons.